The van der Waals surface area contributed by atoms with Crippen molar-refractivity contribution in [1.82, 2.24) is 14.5 Å². The van der Waals surface area contributed by atoms with Gasteiger partial charge in [0.1, 0.15) is 21.3 Å². The van der Waals surface area contributed by atoms with Gasteiger partial charge in [0.25, 0.3) is 0 Å². The number of hydrogen-bond donors (Lipinski definition) is 1. The van der Waals surface area contributed by atoms with Crippen LogP contribution in [0.1, 0.15) is 17.2 Å². The molecule has 5 rings (SSSR count). The second-order valence-electron chi connectivity index (χ2n) is 7.57. The number of allylic oxidation sites excluding steroid dienone is 1. The zero-order valence-corrected chi connectivity index (χ0v) is 20.3. The Morgan fingerprint density at radius 2 is 1.82 bits per heavy atom. The van der Waals surface area contributed by atoms with Crippen molar-refractivity contribution < 1.29 is 14.3 Å². The molecule has 0 aliphatic carbocycles. The standard InChI is InChI=1S/C24H20N4O3S3/c25-19-22(29)28-20(17(14-33-23(19)28)11-12-32-18-13-26-27-34-18)24(30)31-21(15-7-3-1-4-8-15)16-9-5-2-6-10-16/h1-13,19,21,23H,14,25H2/b12-11-/t19-,23-/m1/s1. The van der Waals surface area contributed by atoms with Crippen LogP contribution in [0.15, 0.2) is 93.8 Å². The van der Waals surface area contributed by atoms with Crippen molar-refractivity contribution in [2.75, 3.05) is 5.75 Å². The summed E-state index contributed by atoms with van der Waals surface area (Å²) in [5.74, 6) is -0.274. The van der Waals surface area contributed by atoms with Crippen molar-refractivity contribution in [3.8, 4) is 0 Å². The maximum Gasteiger partial charge on any atom is 0.356 e. The molecule has 1 saturated heterocycles. The summed E-state index contributed by atoms with van der Waals surface area (Å²) in [6, 6.07) is 18.5. The Hall–Kier alpha value is -2.92. The number of β-lactam (4-membered cyclic amide) rings is 1. The van der Waals surface area contributed by atoms with E-state index in [9.17, 15) is 9.59 Å². The van der Waals surface area contributed by atoms with Gasteiger partial charge in [0.05, 0.1) is 6.20 Å². The Morgan fingerprint density at radius 1 is 1.15 bits per heavy atom. The van der Waals surface area contributed by atoms with E-state index in [-0.39, 0.29) is 17.0 Å². The number of thioether (sulfide) groups is 2. The SMILES string of the molecule is N[C@@H]1C(=O)N2C(C(=O)OC(c3ccccc3)c3ccccc3)=C(/C=C\Sc3cnns3)CS[C@H]12. The van der Waals surface area contributed by atoms with Gasteiger partial charge in [0.2, 0.25) is 5.91 Å². The Kier molecular flexibility index (Phi) is 6.82. The van der Waals surface area contributed by atoms with Crippen molar-refractivity contribution in [2.24, 2.45) is 5.73 Å². The molecule has 0 spiro atoms. The van der Waals surface area contributed by atoms with E-state index in [2.05, 4.69) is 9.59 Å². The fraction of sp³-hybridized carbons (Fsp3) is 0.167. The summed E-state index contributed by atoms with van der Waals surface area (Å²) in [5, 5.41) is 5.43. The van der Waals surface area contributed by atoms with Crippen LogP contribution < -0.4 is 5.73 Å². The maximum atomic E-state index is 13.6. The lowest BCUT2D eigenvalue weighted by Crippen LogP contribution is -2.68. The highest BCUT2D eigenvalue weighted by Gasteiger charge is 2.52. The first-order valence-corrected chi connectivity index (χ1v) is 13.2. The van der Waals surface area contributed by atoms with E-state index < -0.39 is 18.1 Å². The van der Waals surface area contributed by atoms with Gasteiger partial charge in [-0.05, 0) is 39.7 Å². The largest absolute Gasteiger partial charge is 0.448 e. The summed E-state index contributed by atoms with van der Waals surface area (Å²) in [7, 11) is 0. The van der Waals surface area contributed by atoms with Crippen LogP contribution in [-0.2, 0) is 14.3 Å². The van der Waals surface area contributed by atoms with Gasteiger partial charge in [-0.25, -0.2) is 4.79 Å². The number of rotatable bonds is 7. The maximum absolute atomic E-state index is 13.6. The van der Waals surface area contributed by atoms with E-state index in [0.29, 0.717) is 5.75 Å². The number of ether oxygens (including phenoxy) is 1. The lowest BCUT2D eigenvalue weighted by Gasteiger charge is -2.48. The summed E-state index contributed by atoms with van der Waals surface area (Å²) >= 11 is 4.29. The molecule has 1 fully saturated rings. The fourth-order valence-electron chi connectivity index (χ4n) is 3.80. The van der Waals surface area contributed by atoms with Crippen LogP contribution in [0.2, 0.25) is 0 Å². The zero-order valence-electron chi connectivity index (χ0n) is 17.8. The molecule has 172 valence electrons. The zero-order chi connectivity index (χ0) is 23.5. The van der Waals surface area contributed by atoms with Gasteiger partial charge in [-0.2, -0.15) is 0 Å². The molecule has 34 heavy (non-hydrogen) atoms. The summed E-state index contributed by atoms with van der Waals surface area (Å²) in [6.07, 6.45) is 2.92. The third-order valence-electron chi connectivity index (χ3n) is 5.46. The van der Waals surface area contributed by atoms with Crippen molar-refractivity contribution >= 4 is 46.9 Å². The smallest absolute Gasteiger partial charge is 0.356 e. The quantitative estimate of drug-likeness (QED) is 0.291. The predicted octanol–water partition coefficient (Wildman–Crippen LogP) is 3.97. The topological polar surface area (TPSA) is 98.4 Å². The van der Waals surface area contributed by atoms with E-state index in [0.717, 1.165) is 20.9 Å². The lowest BCUT2D eigenvalue weighted by atomic mass is 10.0. The minimum Gasteiger partial charge on any atom is -0.448 e. The number of aromatic nitrogens is 2. The van der Waals surface area contributed by atoms with Gasteiger partial charge in [-0.1, -0.05) is 76.9 Å². The lowest BCUT2D eigenvalue weighted by molar-refractivity contribution is -0.153. The highest BCUT2D eigenvalue weighted by Crippen LogP contribution is 2.41. The average molecular weight is 509 g/mol. The van der Waals surface area contributed by atoms with Crippen LogP contribution in [0.3, 0.4) is 0 Å². The van der Waals surface area contributed by atoms with E-state index in [1.165, 1.54) is 28.2 Å². The monoisotopic (exact) mass is 508 g/mol. The van der Waals surface area contributed by atoms with E-state index in [1.54, 1.807) is 18.0 Å². The molecule has 2 atom stereocenters. The summed E-state index contributed by atoms with van der Waals surface area (Å²) in [4.78, 5) is 27.7. The molecule has 3 heterocycles. The van der Waals surface area contributed by atoms with Crippen LogP contribution in [0.25, 0.3) is 0 Å². The summed E-state index contributed by atoms with van der Waals surface area (Å²) < 4.78 is 10.9. The van der Waals surface area contributed by atoms with Crippen molar-refractivity contribution in [3.63, 3.8) is 0 Å². The Morgan fingerprint density at radius 3 is 2.44 bits per heavy atom. The highest BCUT2D eigenvalue weighted by molar-refractivity contribution is 8.03. The molecule has 2 aliphatic heterocycles. The number of nitrogens with zero attached hydrogens (tertiary/aromatic N) is 3. The van der Waals surface area contributed by atoms with E-state index in [4.69, 9.17) is 10.5 Å². The van der Waals surface area contributed by atoms with Gasteiger partial charge >= 0.3 is 5.97 Å². The number of benzene rings is 2. The minimum absolute atomic E-state index is 0.256. The van der Waals surface area contributed by atoms with Crippen LogP contribution >= 0.6 is 35.1 Å². The molecular formula is C24H20N4O3S3. The Bertz CT molecular complexity index is 1190. The molecule has 0 unspecified atom stereocenters. The Labute approximate surface area is 209 Å². The van der Waals surface area contributed by atoms with Crippen LogP contribution in [0.5, 0.6) is 0 Å². The predicted molar refractivity (Wildman–Crippen MR) is 134 cm³/mol. The molecule has 2 N–H and O–H groups in total. The number of amides is 1. The number of hydrogen-bond acceptors (Lipinski definition) is 9. The van der Waals surface area contributed by atoms with Gasteiger partial charge in [-0.15, -0.1) is 16.9 Å². The first kappa shape index (κ1) is 22.9. The van der Waals surface area contributed by atoms with Gasteiger partial charge < -0.3 is 10.5 Å². The number of nitrogens with two attached hydrogens (primary N) is 1. The molecular weight excluding hydrogens is 488 g/mol. The Balaban J connectivity index is 1.47. The molecule has 10 heteroatoms. The minimum atomic E-state index is -0.616. The molecule has 1 aromatic heterocycles. The number of carbonyl (C=O) groups is 2. The van der Waals surface area contributed by atoms with Gasteiger partial charge in [0, 0.05) is 5.75 Å². The molecule has 0 bridgehead atoms. The van der Waals surface area contributed by atoms with Crippen LogP contribution in [0, 0.1) is 0 Å². The number of carbonyl (C=O) groups excluding carboxylic acids is 2. The molecule has 2 aromatic carbocycles. The summed E-state index contributed by atoms with van der Waals surface area (Å²) in [5.41, 5.74) is 8.68. The molecule has 7 nitrogen and oxygen atoms in total. The molecule has 1 amide bonds. The second kappa shape index (κ2) is 10.1. The highest BCUT2D eigenvalue weighted by atomic mass is 32.2. The number of fused-ring (bicyclic) bond motifs is 1. The first-order valence-electron chi connectivity index (χ1n) is 10.5. The van der Waals surface area contributed by atoms with Crippen LogP contribution in [0.4, 0.5) is 0 Å². The van der Waals surface area contributed by atoms with Crippen molar-refractivity contribution in [2.45, 2.75) is 21.7 Å². The third-order valence-corrected chi connectivity index (χ3v) is 8.36. The number of esters is 1. The first-order chi connectivity index (χ1) is 16.6. The second-order valence-corrected chi connectivity index (χ2v) is 10.7. The van der Waals surface area contributed by atoms with E-state index in [1.807, 2.05) is 72.1 Å². The fourth-order valence-corrected chi connectivity index (χ4v) is 6.24. The van der Waals surface area contributed by atoms with Crippen molar-refractivity contribution in [3.05, 3.63) is 101 Å². The average Bonchev–Trinajstić information content (AvgIpc) is 3.41. The van der Waals surface area contributed by atoms with Gasteiger partial charge in [-0.3, -0.25) is 9.69 Å². The van der Waals surface area contributed by atoms with Crippen LogP contribution in [-0.4, -0.2) is 43.5 Å². The molecule has 0 saturated carbocycles. The molecule has 2 aliphatic rings. The summed E-state index contributed by atoms with van der Waals surface area (Å²) in [6.45, 7) is 0. The third kappa shape index (κ3) is 4.54. The molecule has 0 radical (unpaired) electrons. The van der Waals surface area contributed by atoms with E-state index >= 15 is 0 Å². The van der Waals surface area contributed by atoms with Crippen molar-refractivity contribution in [1.29, 1.82) is 0 Å². The van der Waals surface area contributed by atoms with Gasteiger partial charge in [0.15, 0.2) is 6.10 Å². The molecule has 3 aromatic rings. The normalized spacial score (nSPS) is 19.9.